The van der Waals surface area contributed by atoms with Gasteiger partial charge >= 0.3 is 0 Å². The van der Waals surface area contributed by atoms with E-state index >= 15 is 0 Å². The minimum absolute atomic E-state index is 0.301. The molecule has 7 heteroatoms. The molecule has 0 saturated heterocycles. The number of nitrogens with two attached hydrogens (primary N) is 2. The van der Waals surface area contributed by atoms with Gasteiger partial charge in [-0.1, -0.05) is 6.92 Å². The lowest BCUT2D eigenvalue weighted by Crippen LogP contribution is -2.17. The molecule has 0 fully saturated rings. The van der Waals surface area contributed by atoms with Crippen molar-refractivity contribution in [1.82, 2.24) is 15.0 Å². The van der Waals surface area contributed by atoms with Gasteiger partial charge in [-0.2, -0.15) is 15.0 Å². The van der Waals surface area contributed by atoms with E-state index in [0.717, 1.165) is 0 Å². The number of aromatic nitrogens is 3. The molecule has 0 aliphatic carbocycles. The van der Waals surface area contributed by atoms with Crippen molar-refractivity contribution in [3.8, 4) is 0 Å². The summed E-state index contributed by atoms with van der Waals surface area (Å²) in [5.41, 5.74) is 4.64. The van der Waals surface area contributed by atoms with Gasteiger partial charge in [0.2, 0.25) is 11.9 Å². The lowest BCUT2D eigenvalue weighted by atomic mass is 10.5. The van der Waals surface area contributed by atoms with Crippen molar-refractivity contribution in [2.75, 3.05) is 10.9 Å². The molecular weight excluding hydrogens is 158 g/mol. The summed E-state index contributed by atoms with van der Waals surface area (Å²) in [5.74, 6) is 11.5. The topological polar surface area (TPSA) is 115 Å². The van der Waals surface area contributed by atoms with E-state index in [0.29, 0.717) is 24.1 Å². The van der Waals surface area contributed by atoms with Crippen molar-refractivity contribution in [2.45, 2.75) is 13.3 Å². The molecular formula is C5H11N7. The number of nitrogen functional groups attached to an aromatic ring is 2. The van der Waals surface area contributed by atoms with E-state index in [2.05, 4.69) is 25.8 Å². The first-order chi connectivity index (χ1) is 5.80. The van der Waals surface area contributed by atoms with Crippen LogP contribution >= 0.6 is 0 Å². The van der Waals surface area contributed by atoms with Crippen LogP contribution in [0, 0.1) is 0 Å². The standard InChI is InChI=1S/C5H11N7/c1-2-3-8-4(11-6)10-5(9-3)12-7/h2,6-7H2,1H3,(H2,8,9,10,11,12). The molecule has 1 heterocycles. The maximum Gasteiger partial charge on any atom is 0.242 e. The normalized spacial score (nSPS) is 9.58. The van der Waals surface area contributed by atoms with Crippen molar-refractivity contribution in [3.05, 3.63) is 5.82 Å². The Bertz CT molecular complexity index is 205. The fourth-order valence-electron chi connectivity index (χ4n) is 0.707. The fourth-order valence-corrected chi connectivity index (χ4v) is 0.707. The number of nitrogens with one attached hydrogen (secondary N) is 2. The lowest BCUT2D eigenvalue weighted by Gasteiger charge is -2.03. The highest BCUT2D eigenvalue weighted by Gasteiger charge is 2.01. The summed E-state index contributed by atoms with van der Waals surface area (Å²) < 4.78 is 0. The van der Waals surface area contributed by atoms with Crippen molar-refractivity contribution in [3.63, 3.8) is 0 Å². The molecule has 0 aliphatic heterocycles. The number of rotatable bonds is 3. The van der Waals surface area contributed by atoms with Gasteiger partial charge in [-0.3, -0.25) is 10.9 Å². The summed E-state index contributed by atoms with van der Waals surface area (Å²) >= 11 is 0. The molecule has 0 bridgehead atoms. The van der Waals surface area contributed by atoms with Gasteiger partial charge in [0.05, 0.1) is 0 Å². The zero-order valence-electron chi connectivity index (χ0n) is 6.70. The van der Waals surface area contributed by atoms with Crippen LogP contribution in [-0.4, -0.2) is 15.0 Å². The molecule has 1 aromatic heterocycles. The number of aryl methyl sites for hydroxylation is 1. The van der Waals surface area contributed by atoms with Gasteiger partial charge in [0, 0.05) is 6.42 Å². The predicted molar refractivity (Wildman–Crippen MR) is 44.8 cm³/mol. The predicted octanol–water partition coefficient (Wildman–Crippen LogP) is -0.995. The van der Waals surface area contributed by atoms with Gasteiger partial charge in [0.25, 0.3) is 0 Å². The van der Waals surface area contributed by atoms with E-state index in [1.165, 1.54) is 0 Å². The van der Waals surface area contributed by atoms with Crippen LogP contribution in [0.3, 0.4) is 0 Å². The third kappa shape index (κ3) is 1.77. The molecule has 0 aromatic carbocycles. The van der Waals surface area contributed by atoms with Crippen LogP contribution in [0.2, 0.25) is 0 Å². The number of anilines is 2. The zero-order valence-corrected chi connectivity index (χ0v) is 6.70. The average Bonchev–Trinajstić information content (AvgIpc) is 2.16. The maximum absolute atomic E-state index is 5.13. The van der Waals surface area contributed by atoms with Gasteiger partial charge in [-0.05, 0) is 0 Å². The quantitative estimate of drug-likeness (QED) is 0.339. The van der Waals surface area contributed by atoms with Gasteiger partial charge in [-0.15, -0.1) is 0 Å². The van der Waals surface area contributed by atoms with Crippen LogP contribution in [0.25, 0.3) is 0 Å². The second-order valence-electron chi connectivity index (χ2n) is 2.04. The SMILES string of the molecule is CCc1nc(NN)nc(NN)n1. The number of nitrogens with zero attached hydrogens (tertiary/aromatic N) is 3. The molecule has 12 heavy (non-hydrogen) atoms. The van der Waals surface area contributed by atoms with Crippen LogP contribution in [-0.2, 0) is 6.42 Å². The summed E-state index contributed by atoms with van der Waals surface area (Å²) in [6.45, 7) is 1.93. The van der Waals surface area contributed by atoms with E-state index in [1.54, 1.807) is 0 Å². The van der Waals surface area contributed by atoms with E-state index < -0.39 is 0 Å². The average molecular weight is 169 g/mol. The maximum atomic E-state index is 5.13. The number of hydrazine groups is 2. The lowest BCUT2D eigenvalue weighted by molar-refractivity contribution is 0.895. The van der Waals surface area contributed by atoms with Crippen LogP contribution in [0.1, 0.15) is 12.7 Å². The Labute approximate surface area is 69.5 Å². The smallest absolute Gasteiger partial charge is 0.242 e. The van der Waals surface area contributed by atoms with E-state index in [-0.39, 0.29) is 0 Å². The first-order valence-corrected chi connectivity index (χ1v) is 3.48. The minimum Gasteiger partial charge on any atom is -0.292 e. The van der Waals surface area contributed by atoms with Crippen LogP contribution < -0.4 is 22.5 Å². The Balaban J connectivity index is 3.01. The third-order valence-corrected chi connectivity index (χ3v) is 1.26. The summed E-state index contributed by atoms with van der Waals surface area (Å²) in [6.07, 6.45) is 0.700. The Morgan fingerprint density at radius 3 is 1.92 bits per heavy atom. The first kappa shape index (κ1) is 8.62. The van der Waals surface area contributed by atoms with Crippen LogP contribution in [0.4, 0.5) is 11.9 Å². The van der Waals surface area contributed by atoms with Gasteiger partial charge < -0.3 is 0 Å². The fraction of sp³-hybridized carbons (Fsp3) is 0.400. The van der Waals surface area contributed by atoms with Crippen molar-refractivity contribution in [1.29, 1.82) is 0 Å². The first-order valence-electron chi connectivity index (χ1n) is 3.48. The highest BCUT2D eigenvalue weighted by molar-refractivity contribution is 5.32. The van der Waals surface area contributed by atoms with Crippen molar-refractivity contribution >= 4 is 11.9 Å². The molecule has 66 valence electrons. The van der Waals surface area contributed by atoms with E-state index in [9.17, 15) is 0 Å². The highest BCUT2D eigenvalue weighted by atomic mass is 15.4. The summed E-state index contributed by atoms with van der Waals surface area (Å²) in [4.78, 5) is 11.8. The van der Waals surface area contributed by atoms with Crippen molar-refractivity contribution < 1.29 is 0 Å². The molecule has 1 rings (SSSR count). The Kier molecular flexibility index (Phi) is 2.72. The van der Waals surface area contributed by atoms with Gasteiger partial charge in [0.1, 0.15) is 5.82 Å². The van der Waals surface area contributed by atoms with Gasteiger partial charge in [-0.25, -0.2) is 11.7 Å². The summed E-state index contributed by atoms with van der Waals surface area (Å²) in [7, 11) is 0. The number of hydrogen-bond donors (Lipinski definition) is 4. The van der Waals surface area contributed by atoms with Crippen LogP contribution in [0.5, 0.6) is 0 Å². The van der Waals surface area contributed by atoms with E-state index in [1.807, 2.05) is 6.92 Å². The summed E-state index contributed by atoms with van der Waals surface area (Å²) in [6, 6.07) is 0. The Morgan fingerprint density at radius 1 is 1.08 bits per heavy atom. The minimum atomic E-state index is 0.301. The van der Waals surface area contributed by atoms with Crippen molar-refractivity contribution in [2.24, 2.45) is 11.7 Å². The molecule has 7 nitrogen and oxygen atoms in total. The number of hydrogen-bond acceptors (Lipinski definition) is 7. The van der Waals surface area contributed by atoms with Gasteiger partial charge in [0.15, 0.2) is 0 Å². The second kappa shape index (κ2) is 3.79. The van der Waals surface area contributed by atoms with Crippen LogP contribution in [0.15, 0.2) is 0 Å². The second-order valence-corrected chi connectivity index (χ2v) is 2.04. The summed E-state index contributed by atoms with van der Waals surface area (Å²) in [5, 5.41) is 0. The molecule has 0 amide bonds. The largest absolute Gasteiger partial charge is 0.292 e. The molecule has 0 atom stereocenters. The third-order valence-electron chi connectivity index (χ3n) is 1.26. The Morgan fingerprint density at radius 2 is 1.58 bits per heavy atom. The molecule has 0 spiro atoms. The molecule has 0 radical (unpaired) electrons. The zero-order chi connectivity index (χ0) is 8.97. The molecule has 6 N–H and O–H groups in total. The Hall–Kier alpha value is -1.47. The molecule has 0 unspecified atom stereocenters. The monoisotopic (exact) mass is 169 g/mol. The molecule has 0 aliphatic rings. The molecule has 0 saturated carbocycles. The highest BCUT2D eigenvalue weighted by Crippen LogP contribution is 2.02. The molecule has 1 aromatic rings. The van der Waals surface area contributed by atoms with E-state index in [4.69, 9.17) is 11.7 Å².